The number of rotatable bonds is 9. The average Bonchev–Trinajstić information content (AvgIpc) is 2.62. The molecule has 11 heteroatoms. The summed E-state index contributed by atoms with van der Waals surface area (Å²) in [5, 5.41) is 14.4. The van der Waals surface area contributed by atoms with Crippen LogP contribution in [0.5, 0.6) is 0 Å². The Balaban J connectivity index is 2.46. The SMILES string of the molecule is CC(C)C(NC(=O)CCCC(=O)N=C(N)NC(=O)Cc1c(Cl)cccc1Cl)C(=O)O. The number of nitrogens with one attached hydrogen (secondary N) is 2. The standard InChI is InChI=1S/C19H24Cl2N4O5/c1-10(2)17(18(29)30)23-14(26)7-4-8-15(27)24-19(22)25-16(28)9-11-12(20)5-3-6-13(11)21/h3,5-6,10,17H,4,7-9H2,1-2H3,(H,23,26)(H,29,30)(H3,22,24,25,27,28). The molecule has 164 valence electrons. The first kappa shape index (κ1) is 25.4. The van der Waals surface area contributed by atoms with Crippen LogP contribution in [-0.2, 0) is 25.6 Å². The van der Waals surface area contributed by atoms with Crippen molar-refractivity contribution in [3.8, 4) is 0 Å². The van der Waals surface area contributed by atoms with Crippen molar-refractivity contribution in [2.75, 3.05) is 0 Å². The Bertz CT molecular complexity index is 822. The summed E-state index contributed by atoms with van der Waals surface area (Å²) < 4.78 is 0. The summed E-state index contributed by atoms with van der Waals surface area (Å²) in [6, 6.07) is 3.83. The number of carbonyl (C=O) groups excluding carboxylic acids is 3. The van der Waals surface area contributed by atoms with Crippen LogP contribution in [0.1, 0.15) is 38.7 Å². The van der Waals surface area contributed by atoms with Gasteiger partial charge in [0.15, 0.2) is 0 Å². The Labute approximate surface area is 184 Å². The second-order valence-electron chi connectivity index (χ2n) is 6.80. The van der Waals surface area contributed by atoms with Gasteiger partial charge in [0, 0.05) is 22.9 Å². The number of hydrogen-bond donors (Lipinski definition) is 4. The van der Waals surface area contributed by atoms with Crippen LogP contribution >= 0.6 is 23.2 Å². The number of nitrogens with two attached hydrogens (primary N) is 1. The lowest BCUT2D eigenvalue weighted by atomic mass is 10.0. The van der Waals surface area contributed by atoms with Gasteiger partial charge in [0.2, 0.25) is 23.7 Å². The van der Waals surface area contributed by atoms with Crippen molar-refractivity contribution < 1.29 is 24.3 Å². The molecule has 1 aromatic carbocycles. The number of guanidine groups is 1. The molecule has 3 amide bonds. The van der Waals surface area contributed by atoms with Crippen LogP contribution in [0.3, 0.4) is 0 Å². The molecule has 0 spiro atoms. The summed E-state index contributed by atoms with van der Waals surface area (Å²) in [6.07, 6.45) is -0.145. The molecule has 0 saturated heterocycles. The van der Waals surface area contributed by atoms with Crippen molar-refractivity contribution >= 4 is 52.9 Å². The van der Waals surface area contributed by atoms with Gasteiger partial charge in [0.1, 0.15) is 6.04 Å². The summed E-state index contributed by atoms with van der Waals surface area (Å²) in [4.78, 5) is 50.3. The molecular formula is C19H24Cl2N4O5. The molecular weight excluding hydrogens is 435 g/mol. The number of hydrogen-bond acceptors (Lipinski definition) is 4. The van der Waals surface area contributed by atoms with E-state index < -0.39 is 29.7 Å². The van der Waals surface area contributed by atoms with Gasteiger partial charge in [-0.15, -0.1) is 0 Å². The molecule has 0 saturated carbocycles. The number of halogens is 2. The number of carbonyl (C=O) groups is 4. The smallest absolute Gasteiger partial charge is 0.326 e. The van der Waals surface area contributed by atoms with E-state index in [4.69, 9.17) is 34.0 Å². The van der Waals surface area contributed by atoms with E-state index in [2.05, 4.69) is 15.6 Å². The van der Waals surface area contributed by atoms with Gasteiger partial charge in [0.05, 0.1) is 6.42 Å². The molecule has 1 rings (SSSR count). The van der Waals surface area contributed by atoms with Crippen LogP contribution in [0.4, 0.5) is 0 Å². The van der Waals surface area contributed by atoms with Crippen molar-refractivity contribution in [1.29, 1.82) is 0 Å². The summed E-state index contributed by atoms with van der Waals surface area (Å²) in [5.41, 5.74) is 5.98. The third kappa shape index (κ3) is 8.79. The van der Waals surface area contributed by atoms with Crippen LogP contribution in [0.15, 0.2) is 23.2 Å². The Kier molecular flexibility index (Phi) is 10.3. The molecule has 0 aliphatic carbocycles. The highest BCUT2D eigenvalue weighted by atomic mass is 35.5. The highest BCUT2D eigenvalue weighted by Gasteiger charge is 2.23. The summed E-state index contributed by atoms with van der Waals surface area (Å²) in [5.74, 6) is -3.45. The first-order valence-electron chi connectivity index (χ1n) is 9.13. The molecule has 9 nitrogen and oxygen atoms in total. The van der Waals surface area contributed by atoms with Gasteiger partial charge < -0.3 is 16.2 Å². The Morgan fingerprint density at radius 3 is 2.23 bits per heavy atom. The van der Waals surface area contributed by atoms with E-state index in [9.17, 15) is 19.2 Å². The number of benzene rings is 1. The van der Waals surface area contributed by atoms with Crippen molar-refractivity contribution in [2.24, 2.45) is 16.6 Å². The highest BCUT2D eigenvalue weighted by molar-refractivity contribution is 6.36. The fraction of sp³-hybridized carbons (Fsp3) is 0.421. The molecule has 0 heterocycles. The van der Waals surface area contributed by atoms with Crippen molar-refractivity contribution in [3.05, 3.63) is 33.8 Å². The fourth-order valence-electron chi connectivity index (χ4n) is 2.43. The molecule has 0 fully saturated rings. The lowest BCUT2D eigenvalue weighted by molar-refractivity contribution is -0.143. The topological polar surface area (TPSA) is 151 Å². The number of carboxylic acid groups (broad SMARTS) is 1. The molecule has 0 aliphatic rings. The first-order chi connectivity index (χ1) is 14.0. The van der Waals surface area contributed by atoms with E-state index in [1.807, 2.05) is 0 Å². The maximum Gasteiger partial charge on any atom is 0.326 e. The number of aliphatic carboxylic acids is 1. The van der Waals surface area contributed by atoms with Gasteiger partial charge >= 0.3 is 5.97 Å². The van der Waals surface area contributed by atoms with Gasteiger partial charge in [-0.2, -0.15) is 4.99 Å². The Morgan fingerprint density at radius 2 is 1.70 bits per heavy atom. The minimum absolute atomic E-state index is 0.0466. The van der Waals surface area contributed by atoms with E-state index in [0.717, 1.165) is 0 Å². The Hall–Kier alpha value is -2.65. The van der Waals surface area contributed by atoms with E-state index in [1.165, 1.54) is 0 Å². The van der Waals surface area contributed by atoms with Gasteiger partial charge in [-0.3, -0.25) is 19.7 Å². The van der Waals surface area contributed by atoms with E-state index in [-0.39, 0.29) is 37.6 Å². The monoisotopic (exact) mass is 458 g/mol. The fourth-order valence-corrected chi connectivity index (χ4v) is 2.96. The third-order valence-corrected chi connectivity index (χ3v) is 4.66. The van der Waals surface area contributed by atoms with Gasteiger partial charge in [-0.1, -0.05) is 43.1 Å². The largest absolute Gasteiger partial charge is 0.480 e. The summed E-state index contributed by atoms with van der Waals surface area (Å²) in [7, 11) is 0. The second-order valence-corrected chi connectivity index (χ2v) is 7.61. The molecule has 0 radical (unpaired) electrons. The zero-order chi connectivity index (χ0) is 22.8. The molecule has 1 atom stereocenters. The predicted octanol–water partition coefficient (Wildman–Crippen LogP) is 1.89. The molecule has 1 aromatic rings. The maximum atomic E-state index is 12.0. The Morgan fingerprint density at radius 1 is 1.10 bits per heavy atom. The predicted molar refractivity (Wildman–Crippen MR) is 113 cm³/mol. The molecule has 5 N–H and O–H groups in total. The third-order valence-electron chi connectivity index (χ3n) is 3.96. The van der Waals surface area contributed by atoms with Crippen LogP contribution in [-0.4, -0.2) is 40.8 Å². The van der Waals surface area contributed by atoms with Gasteiger partial charge in [-0.05, 0) is 30.0 Å². The summed E-state index contributed by atoms with van der Waals surface area (Å²) >= 11 is 12.0. The molecule has 1 unspecified atom stereocenters. The van der Waals surface area contributed by atoms with Crippen molar-refractivity contribution in [2.45, 2.75) is 45.6 Å². The normalized spacial score (nSPS) is 12.4. The van der Waals surface area contributed by atoms with Gasteiger partial charge in [0.25, 0.3) is 0 Å². The molecule has 0 aromatic heterocycles. The highest BCUT2D eigenvalue weighted by Crippen LogP contribution is 2.24. The second kappa shape index (κ2) is 12.1. The van der Waals surface area contributed by atoms with Crippen LogP contribution < -0.4 is 16.4 Å². The van der Waals surface area contributed by atoms with E-state index in [0.29, 0.717) is 15.6 Å². The quantitative estimate of drug-likeness (QED) is 0.327. The van der Waals surface area contributed by atoms with E-state index >= 15 is 0 Å². The lowest BCUT2D eigenvalue weighted by Crippen LogP contribution is -2.44. The minimum atomic E-state index is -1.12. The minimum Gasteiger partial charge on any atom is -0.480 e. The van der Waals surface area contributed by atoms with Crippen LogP contribution in [0, 0.1) is 5.92 Å². The lowest BCUT2D eigenvalue weighted by Gasteiger charge is -2.17. The van der Waals surface area contributed by atoms with E-state index in [1.54, 1.807) is 32.0 Å². The summed E-state index contributed by atoms with van der Waals surface area (Å²) in [6.45, 7) is 3.35. The van der Waals surface area contributed by atoms with Crippen LogP contribution in [0.25, 0.3) is 0 Å². The van der Waals surface area contributed by atoms with Gasteiger partial charge in [-0.25, -0.2) is 4.79 Å². The zero-order valence-electron chi connectivity index (χ0n) is 16.6. The van der Waals surface area contributed by atoms with Crippen molar-refractivity contribution in [3.63, 3.8) is 0 Å². The van der Waals surface area contributed by atoms with Crippen molar-refractivity contribution in [1.82, 2.24) is 10.6 Å². The number of amides is 3. The van der Waals surface area contributed by atoms with Crippen LogP contribution in [0.2, 0.25) is 10.0 Å². The zero-order valence-corrected chi connectivity index (χ0v) is 18.1. The first-order valence-corrected chi connectivity index (χ1v) is 9.88. The molecule has 0 bridgehead atoms. The average molecular weight is 459 g/mol. The number of nitrogens with zero attached hydrogens (tertiary/aromatic N) is 1. The number of aliphatic imine (C=N–C) groups is 1. The number of carboxylic acids is 1. The maximum absolute atomic E-state index is 12.0. The molecule has 0 aliphatic heterocycles. The molecule has 30 heavy (non-hydrogen) atoms.